The maximum atomic E-state index is 12.9. The lowest BCUT2D eigenvalue weighted by atomic mass is 9.97. The molecule has 2 aromatic carbocycles. The van der Waals surface area contributed by atoms with E-state index in [0.29, 0.717) is 29.0 Å². The number of hydrogen-bond donors (Lipinski definition) is 0. The second-order valence-corrected chi connectivity index (χ2v) is 7.30. The molecule has 0 bridgehead atoms. The molecule has 6 heteroatoms. The smallest absolute Gasteiger partial charge is 0.196 e. The second kappa shape index (κ2) is 11.4. The molecule has 166 valence electrons. The van der Waals surface area contributed by atoms with E-state index >= 15 is 0 Å². The SMILES string of the molecule is C=CC(=O)C(C)(CC)OCC(C)Oc1ccc(C(=O)c2ccccc2)c(OCOC)c1. The Morgan fingerprint density at radius 2 is 1.87 bits per heavy atom. The Balaban J connectivity index is 2.15. The molecular weight excluding hydrogens is 396 g/mol. The van der Waals surface area contributed by atoms with Crippen LogP contribution in [0.3, 0.4) is 0 Å². The van der Waals surface area contributed by atoms with E-state index in [0.717, 1.165) is 0 Å². The molecule has 31 heavy (non-hydrogen) atoms. The Bertz CT molecular complexity index is 892. The molecule has 0 spiro atoms. The Morgan fingerprint density at radius 3 is 2.48 bits per heavy atom. The third-order valence-electron chi connectivity index (χ3n) is 4.92. The number of rotatable bonds is 13. The minimum Gasteiger partial charge on any atom is -0.488 e. The Kier molecular flexibility index (Phi) is 8.97. The molecule has 0 amide bonds. The molecule has 2 aromatic rings. The lowest BCUT2D eigenvalue weighted by Crippen LogP contribution is -2.39. The molecule has 0 aliphatic carbocycles. The summed E-state index contributed by atoms with van der Waals surface area (Å²) in [6, 6.07) is 14.0. The van der Waals surface area contributed by atoms with Gasteiger partial charge in [-0.15, -0.1) is 0 Å². The molecule has 0 saturated carbocycles. The molecule has 0 radical (unpaired) electrons. The third-order valence-corrected chi connectivity index (χ3v) is 4.92. The molecule has 6 nitrogen and oxygen atoms in total. The van der Waals surface area contributed by atoms with E-state index in [2.05, 4.69) is 6.58 Å². The van der Waals surface area contributed by atoms with Gasteiger partial charge in [0.25, 0.3) is 0 Å². The van der Waals surface area contributed by atoms with Gasteiger partial charge in [-0.1, -0.05) is 43.8 Å². The predicted molar refractivity (Wildman–Crippen MR) is 119 cm³/mol. The third kappa shape index (κ3) is 6.51. The summed E-state index contributed by atoms with van der Waals surface area (Å²) in [6.45, 7) is 9.21. The zero-order valence-corrected chi connectivity index (χ0v) is 18.6. The van der Waals surface area contributed by atoms with Gasteiger partial charge in [0, 0.05) is 18.7 Å². The summed E-state index contributed by atoms with van der Waals surface area (Å²) in [5.74, 6) is 0.555. The van der Waals surface area contributed by atoms with E-state index in [1.165, 1.54) is 13.2 Å². The van der Waals surface area contributed by atoms with Gasteiger partial charge in [0.05, 0.1) is 12.2 Å². The quantitative estimate of drug-likeness (QED) is 0.265. The molecule has 0 aliphatic heterocycles. The normalized spacial score (nSPS) is 13.7. The van der Waals surface area contributed by atoms with Crippen molar-refractivity contribution in [3.8, 4) is 11.5 Å². The highest BCUT2D eigenvalue weighted by Gasteiger charge is 2.30. The van der Waals surface area contributed by atoms with Crippen LogP contribution in [-0.2, 0) is 14.3 Å². The van der Waals surface area contributed by atoms with Crippen molar-refractivity contribution in [2.24, 2.45) is 0 Å². The van der Waals surface area contributed by atoms with Crippen LogP contribution in [0.4, 0.5) is 0 Å². The fraction of sp³-hybridized carbons (Fsp3) is 0.360. The van der Waals surface area contributed by atoms with Gasteiger partial charge in [0.2, 0.25) is 0 Å². The lowest BCUT2D eigenvalue weighted by molar-refractivity contribution is -0.140. The van der Waals surface area contributed by atoms with E-state index in [9.17, 15) is 9.59 Å². The van der Waals surface area contributed by atoms with Crippen LogP contribution in [0, 0.1) is 0 Å². The summed E-state index contributed by atoms with van der Waals surface area (Å²) in [5, 5.41) is 0. The molecule has 0 heterocycles. The van der Waals surface area contributed by atoms with Crippen molar-refractivity contribution in [3.05, 3.63) is 72.3 Å². The first-order chi connectivity index (χ1) is 14.8. The van der Waals surface area contributed by atoms with Gasteiger partial charge in [-0.2, -0.15) is 0 Å². The van der Waals surface area contributed by atoms with Crippen LogP contribution in [0.25, 0.3) is 0 Å². The van der Waals surface area contributed by atoms with Gasteiger partial charge in [0.1, 0.15) is 23.2 Å². The Labute approximate surface area is 183 Å². The lowest BCUT2D eigenvalue weighted by Gasteiger charge is -2.27. The molecule has 0 N–H and O–H groups in total. The Hall–Kier alpha value is -2.96. The van der Waals surface area contributed by atoms with Gasteiger partial charge in [-0.3, -0.25) is 9.59 Å². The number of hydrogen-bond acceptors (Lipinski definition) is 6. The van der Waals surface area contributed by atoms with Gasteiger partial charge < -0.3 is 18.9 Å². The minimum atomic E-state index is -0.932. The zero-order chi connectivity index (χ0) is 22.9. The van der Waals surface area contributed by atoms with Crippen LogP contribution in [0.5, 0.6) is 11.5 Å². The average Bonchev–Trinajstić information content (AvgIpc) is 2.80. The predicted octanol–water partition coefficient (Wildman–Crippen LogP) is 4.61. The van der Waals surface area contributed by atoms with Crippen LogP contribution in [-0.4, -0.2) is 43.8 Å². The van der Waals surface area contributed by atoms with E-state index in [4.69, 9.17) is 18.9 Å². The molecule has 2 atom stereocenters. The zero-order valence-electron chi connectivity index (χ0n) is 18.6. The Morgan fingerprint density at radius 1 is 1.16 bits per heavy atom. The fourth-order valence-electron chi connectivity index (χ4n) is 2.88. The van der Waals surface area contributed by atoms with Crippen molar-refractivity contribution in [2.45, 2.75) is 38.9 Å². The summed E-state index contributed by atoms with van der Waals surface area (Å²) in [6.07, 6.45) is 1.46. The molecule has 2 unspecified atom stereocenters. The number of ketones is 2. The maximum Gasteiger partial charge on any atom is 0.196 e. The van der Waals surface area contributed by atoms with Crippen LogP contribution in [0.2, 0.25) is 0 Å². The van der Waals surface area contributed by atoms with Crippen molar-refractivity contribution in [3.63, 3.8) is 0 Å². The summed E-state index contributed by atoms with van der Waals surface area (Å²) in [7, 11) is 1.51. The summed E-state index contributed by atoms with van der Waals surface area (Å²) >= 11 is 0. The fourth-order valence-corrected chi connectivity index (χ4v) is 2.88. The first kappa shape index (κ1) is 24.3. The van der Waals surface area contributed by atoms with Crippen molar-refractivity contribution in [1.82, 2.24) is 0 Å². The number of ether oxygens (including phenoxy) is 4. The highest BCUT2D eigenvalue weighted by Crippen LogP contribution is 2.28. The first-order valence-electron chi connectivity index (χ1n) is 10.2. The maximum absolute atomic E-state index is 12.9. The van der Waals surface area contributed by atoms with Crippen LogP contribution < -0.4 is 9.47 Å². The van der Waals surface area contributed by atoms with Gasteiger partial charge in [0.15, 0.2) is 18.4 Å². The molecule has 2 rings (SSSR count). The van der Waals surface area contributed by atoms with Gasteiger partial charge >= 0.3 is 0 Å². The standard InChI is InChI=1S/C25H30O6/c1-6-23(26)25(4,7-2)30-16-18(3)31-20-13-14-21(22(15-20)29-17-28-5)24(27)19-11-9-8-10-12-19/h6,8-15,18H,1,7,16-17H2,2-5H3. The summed E-state index contributed by atoms with van der Waals surface area (Å²) < 4.78 is 22.4. The van der Waals surface area contributed by atoms with Crippen LogP contribution in [0.15, 0.2) is 61.2 Å². The van der Waals surface area contributed by atoms with E-state index in [-0.39, 0.29) is 31.1 Å². The van der Waals surface area contributed by atoms with Crippen molar-refractivity contribution >= 4 is 11.6 Å². The van der Waals surface area contributed by atoms with Gasteiger partial charge in [-0.05, 0) is 38.5 Å². The van der Waals surface area contributed by atoms with Gasteiger partial charge in [-0.25, -0.2) is 0 Å². The topological polar surface area (TPSA) is 71.1 Å². The highest BCUT2D eigenvalue weighted by atomic mass is 16.7. The number of benzene rings is 2. The molecule has 0 aromatic heterocycles. The summed E-state index contributed by atoms with van der Waals surface area (Å²) in [4.78, 5) is 24.9. The van der Waals surface area contributed by atoms with Crippen molar-refractivity contribution in [1.29, 1.82) is 0 Å². The number of methoxy groups -OCH3 is 1. The first-order valence-corrected chi connectivity index (χ1v) is 10.2. The van der Waals surface area contributed by atoms with E-state index < -0.39 is 5.60 Å². The monoisotopic (exact) mass is 426 g/mol. The molecule has 0 aliphatic rings. The van der Waals surface area contributed by atoms with Crippen molar-refractivity contribution in [2.75, 3.05) is 20.5 Å². The largest absolute Gasteiger partial charge is 0.488 e. The molecule has 0 fully saturated rings. The average molecular weight is 427 g/mol. The number of carbonyl (C=O) groups is 2. The molecule has 0 saturated heterocycles. The molecular formula is C25H30O6. The van der Waals surface area contributed by atoms with Crippen molar-refractivity contribution < 1.29 is 28.5 Å². The number of carbonyl (C=O) groups excluding carboxylic acids is 2. The van der Waals surface area contributed by atoms with E-state index in [1.54, 1.807) is 37.3 Å². The van der Waals surface area contributed by atoms with Crippen LogP contribution in [0.1, 0.15) is 43.1 Å². The summed E-state index contributed by atoms with van der Waals surface area (Å²) in [5.41, 5.74) is 0.0403. The van der Waals surface area contributed by atoms with E-state index in [1.807, 2.05) is 32.0 Å². The highest BCUT2D eigenvalue weighted by molar-refractivity contribution is 6.10. The van der Waals surface area contributed by atoms with Crippen LogP contribution >= 0.6 is 0 Å². The minimum absolute atomic E-state index is 0.00426. The second-order valence-electron chi connectivity index (χ2n) is 7.30.